The van der Waals surface area contributed by atoms with Crippen molar-refractivity contribution in [2.45, 2.75) is 26.8 Å². The Morgan fingerprint density at radius 2 is 1.84 bits per heavy atom. The largest absolute Gasteiger partial charge is 0.497 e. The van der Waals surface area contributed by atoms with Gasteiger partial charge < -0.3 is 23.7 Å². The smallest absolute Gasteiger partial charge is 0.330 e. The molecule has 194 valence electrons. The van der Waals surface area contributed by atoms with Gasteiger partial charge in [-0.05, 0) is 67.8 Å². The number of ether oxygens (including phenoxy) is 1. The summed E-state index contributed by atoms with van der Waals surface area (Å²) in [4.78, 5) is 9.01. The van der Waals surface area contributed by atoms with Gasteiger partial charge in [-0.2, -0.15) is 10.2 Å². The zero-order valence-corrected chi connectivity index (χ0v) is 22.7. The SMILES string of the molecule is CCOP(=O)(CCCNc1nc(Cl)nc2c3cc(C#N)ccc3n(Cc3ccc(OC)cc3)c12)OCC. The number of halogens is 1. The number of aromatic nitrogens is 3. The fraction of sp³-hybridized carbons (Fsp3) is 0.346. The molecule has 4 rings (SSSR count). The fourth-order valence-electron chi connectivity index (χ4n) is 4.26. The number of nitriles is 1. The van der Waals surface area contributed by atoms with E-state index in [1.807, 2.05) is 36.4 Å². The quantitative estimate of drug-likeness (QED) is 0.127. The molecule has 37 heavy (non-hydrogen) atoms. The first kappa shape index (κ1) is 26.9. The minimum absolute atomic E-state index is 0.0927. The highest BCUT2D eigenvalue weighted by molar-refractivity contribution is 7.53. The van der Waals surface area contributed by atoms with Gasteiger partial charge in [-0.1, -0.05) is 12.1 Å². The van der Waals surface area contributed by atoms with E-state index in [-0.39, 0.29) is 11.4 Å². The molecule has 0 fully saturated rings. The molecule has 0 saturated heterocycles. The van der Waals surface area contributed by atoms with E-state index >= 15 is 0 Å². The summed E-state index contributed by atoms with van der Waals surface area (Å²) in [7, 11) is -1.50. The molecule has 0 radical (unpaired) electrons. The van der Waals surface area contributed by atoms with E-state index in [2.05, 4.69) is 25.9 Å². The molecule has 11 heteroatoms. The van der Waals surface area contributed by atoms with E-state index in [0.717, 1.165) is 27.7 Å². The number of nitrogens with zero attached hydrogens (tertiary/aromatic N) is 4. The van der Waals surface area contributed by atoms with E-state index < -0.39 is 7.60 Å². The second-order valence-corrected chi connectivity index (χ2v) is 10.8. The highest BCUT2D eigenvalue weighted by Gasteiger charge is 2.23. The molecule has 0 atom stereocenters. The molecular formula is C26H29ClN5O4P. The predicted octanol–water partition coefficient (Wildman–Crippen LogP) is 6.23. The van der Waals surface area contributed by atoms with Gasteiger partial charge in [0.1, 0.15) is 16.8 Å². The van der Waals surface area contributed by atoms with Crippen molar-refractivity contribution < 1.29 is 18.3 Å². The van der Waals surface area contributed by atoms with Crippen molar-refractivity contribution in [1.29, 1.82) is 5.26 Å². The number of hydrogen-bond donors (Lipinski definition) is 1. The number of rotatable bonds is 12. The molecule has 2 aromatic carbocycles. The summed E-state index contributed by atoms with van der Waals surface area (Å²) in [5, 5.41) is 13.7. The van der Waals surface area contributed by atoms with Crippen LogP contribution in [0.15, 0.2) is 42.5 Å². The predicted molar refractivity (Wildman–Crippen MR) is 146 cm³/mol. The van der Waals surface area contributed by atoms with Crippen LogP contribution >= 0.6 is 19.2 Å². The molecule has 4 aromatic rings. The van der Waals surface area contributed by atoms with Crippen LogP contribution in [0.2, 0.25) is 5.28 Å². The standard InChI is InChI=1S/C26H29ClN5O4P/c1-4-35-37(33,36-5-2)14-6-13-29-25-24-23(30-26(27)31-25)21-15-19(16-28)9-12-22(21)32(24)17-18-7-10-20(34-3)11-8-18/h7-12,15H,4-6,13-14,17H2,1-3H3,(H,29,30,31). The zero-order chi connectivity index (χ0) is 26.4. The Balaban J connectivity index is 1.72. The first-order valence-electron chi connectivity index (χ1n) is 12.1. The Morgan fingerprint density at radius 1 is 1.11 bits per heavy atom. The van der Waals surface area contributed by atoms with Gasteiger partial charge in [-0.15, -0.1) is 0 Å². The molecule has 0 saturated carbocycles. The van der Waals surface area contributed by atoms with Crippen molar-refractivity contribution in [2.75, 3.05) is 38.3 Å². The third-order valence-electron chi connectivity index (χ3n) is 5.85. The molecule has 0 spiro atoms. The van der Waals surface area contributed by atoms with Gasteiger partial charge in [0.15, 0.2) is 5.82 Å². The Bertz CT molecular complexity index is 1470. The van der Waals surface area contributed by atoms with Gasteiger partial charge >= 0.3 is 7.60 Å². The molecule has 2 aromatic heterocycles. The number of fused-ring (bicyclic) bond motifs is 3. The molecule has 0 aliphatic rings. The molecule has 9 nitrogen and oxygen atoms in total. The first-order chi connectivity index (χ1) is 17.9. The van der Waals surface area contributed by atoms with E-state index in [1.165, 1.54) is 0 Å². The first-order valence-corrected chi connectivity index (χ1v) is 14.2. The van der Waals surface area contributed by atoms with Crippen LogP contribution in [-0.2, 0) is 20.2 Å². The summed E-state index contributed by atoms with van der Waals surface area (Å²) in [5.74, 6) is 1.33. The van der Waals surface area contributed by atoms with Gasteiger partial charge in [0.05, 0.1) is 43.6 Å². The van der Waals surface area contributed by atoms with Gasteiger partial charge in [-0.3, -0.25) is 4.57 Å². The van der Waals surface area contributed by atoms with Gasteiger partial charge in [-0.25, -0.2) is 4.98 Å². The zero-order valence-electron chi connectivity index (χ0n) is 21.0. The van der Waals surface area contributed by atoms with E-state index in [1.54, 1.807) is 27.0 Å². The van der Waals surface area contributed by atoms with E-state index in [9.17, 15) is 9.83 Å². The number of anilines is 1. The molecule has 0 unspecified atom stereocenters. The Labute approximate surface area is 220 Å². The number of hydrogen-bond acceptors (Lipinski definition) is 8. The van der Waals surface area contributed by atoms with Crippen LogP contribution in [0.1, 0.15) is 31.4 Å². The Hall–Kier alpha value is -3.15. The monoisotopic (exact) mass is 541 g/mol. The van der Waals surface area contributed by atoms with Crippen molar-refractivity contribution >= 4 is 47.0 Å². The minimum atomic E-state index is -3.14. The molecular weight excluding hydrogens is 513 g/mol. The summed E-state index contributed by atoms with van der Waals surface area (Å²) >= 11 is 6.33. The maximum atomic E-state index is 12.8. The van der Waals surface area contributed by atoms with Gasteiger partial charge in [0.2, 0.25) is 5.28 Å². The third kappa shape index (κ3) is 6.06. The second kappa shape index (κ2) is 11.9. The van der Waals surface area contributed by atoms with E-state index in [4.69, 9.17) is 25.4 Å². The summed E-state index contributed by atoms with van der Waals surface area (Å²) in [6, 6.07) is 15.5. The number of methoxy groups -OCH3 is 1. The summed E-state index contributed by atoms with van der Waals surface area (Å²) in [6.07, 6.45) is 0.821. The van der Waals surface area contributed by atoms with Crippen LogP contribution < -0.4 is 10.1 Å². The molecule has 0 bridgehead atoms. The lowest BCUT2D eigenvalue weighted by molar-refractivity contribution is 0.220. The van der Waals surface area contributed by atoms with Crippen molar-refractivity contribution in [3.05, 3.63) is 58.9 Å². The molecule has 0 amide bonds. The van der Waals surface area contributed by atoms with Crippen molar-refractivity contribution in [1.82, 2.24) is 14.5 Å². The molecule has 2 heterocycles. The average Bonchev–Trinajstić information content (AvgIpc) is 3.19. The van der Waals surface area contributed by atoms with Crippen LogP contribution in [0.5, 0.6) is 5.75 Å². The lowest BCUT2D eigenvalue weighted by atomic mass is 10.1. The topological polar surface area (TPSA) is 111 Å². The number of nitrogens with one attached hydrogen (secondary N) is 1. The Kier molecular flexibility index (Phi) is 8.67. The normalized spacial score (nSPS) is 11.6. The third-order valence-corrected chi connectivity index (χ3v) is 8.19. The van der Waals surface area contributed by atoms with E-state index in [0.29, 0.717) is 49.6 Å². The second-order valence-electron chi connectivity index (χ2n) is 8.27. The molecule has 0 aliphatic heterocycles. The van der Waals surface area contributed by atoms with Crippen molar-refractivity contribution in [3.63, 3.8) is 0 Å². The average molecular weight is 542 g/mol. The van der Waals surface area contributed by atoms with Gasteiger partial charge in [0, 0.05) is 18.5 Å². The maximum Gasteiger partial charge on any atom is 0.330 e. The number of benzene rings is 2. The highest BCUT2D eigenvalue weighted by Crippen LogP contribution is 2.48. The van der Waals surface area contributed by atoms with Crippen molar-refractivity contribution in [3.8, 4) is 11.8 Å². The summed E-state index contributed by atoms with van der Waals surface area (Å²) in [6.45, 7) is 5.25. The van der Waals surface area contributed by atoms with Crippen molar-refractivity contribution in [2.24, 2.45) is 0 Å². The van der Waals surface area contributed by atoms with Crippen LogP contribution in [0.4, 0.5) is 5.82 Å². The molecule has 1 N–H and O–H groups in total. The van der Waals surface area contributed by atoms with Crippen LogP contribution in [0.25, 0.3) is 21.9 Å². The van der Waals surface area contributed by atoms with Crippen LogP contribution in [0, 0.1) is 11.3 Å². The maximum absolute atomic E-state index is 12.8. The Morgan fingerprint density at radius 3 is 2.49 bits per heavy atom. The summed E-state index contributed by atoms with van der Waals surface area (Å²) < 4.78 is 31.0. The minimum Gasteiger partial charge on any atom is -0.497 e. The summed E-state index contributed by atoms with van der Waals surface area (Å²) in [5.41, 5.74) is 3.91. The van der Waals surface area contributed by atoms with Gasteiger partial charge in [0.25, 0.3) is 0 Å². The van der Waals surface area contributed by atoms with Crippen LogP contribution in [-0.4, -0.2) is 47.6 Å². The fourth-order valence-corrected chi connectivity index (χ4v) is 6.10. The lowest BCUT2D eigenvalue weighted by Gasteiger charge is -2.17. The molecule has 0 aliphatic carbocycles. The highest BCUT2D eigenvalue weighted by atomic mass is 35.5. The lowest BCUT2D eigenvalue weighted by Crippen LogP contribution is -2.10. The van der Waals surface area contributed by atoms with Crippen LogP contribution in [0.3, 0.4) is 0 Å².